The molecule has 1 fully saturated rings. The summed E-state index contributed by atoms with van der Waals surface area (Å²) in [5.41, 5.74) is 5.22. The van der Waals surface area contributed by atoms with E-state index >= 15 is 0 Å². The van der Waals surface area contributed by atoms with Gasteiger partial charge in [-0.15, -0.1) is 12.6 Å². The second-order valence-corrected chi connectivity index (χ2v) is 3.48. The Hall–Kier alpha value is -0.321. The van der Waals surface area contributed by atoms with Gasteiger partial charge in [0.2, 0.25) is 0 Å². The number of rotatable bonds is 2. The molecule has 2 rings (SSSR count). The van der Waals surface area contributed by atoms with Crippen LogP contribution in [0, 0.1) is 0 Å². The van der Waals surface area contributed by atoms with E-state index in [1.165, 1.54) is 0 Å². The SMILES string of the molecule is C1=C/C(=N\[N-]C2CCC[N-]C2)CN=C1.[Cu+2].[Cu+2].[NH2-].[OH3+].[OH3+].[OH3+].[OH3+]. The van der Waals surface area contributed by atoms with Crippen molar-refractivity contribution in [2.24, 2.45) is 10.1 Å². The Morgan fingerprint density at radius 3 is 2.33 bits per heavy atom. The van der Waals surface area contributed by atoms with Gasteiger partial charge in [-0.2, -0.15) is 6.54 Å². The van der Waals surface area contributed by atoms with E-state index in [0.717, 1.165) is 31.6 Å². The average molecular weight is 409 g/mol. The van der Waals surface area contributed by atoms with Crippen LogP contribution in [-0.4, -0.2) is 37.6 Å². The van der Waals surface area contributed by atoms with E-state index in [-0.39, 0.29) is 62.2 Å². The van der Waals surface area contributed by atoms with Crippen LogP contribution in [0.5, 0.6) is 0 Å². The van der Waals surface area contributed by atoms with Gasteiger partial charge in [0.25, 0.3) is 0 Å². The molecule has 0 bridgehead atoms. The van der Waals surface area contributed by atoms with Gasteiger partial charge in [-0.1, -0.05) is 12.8 Å². The molecule has 2 aliphatic heterocycles. The summed E-state index contributed by atoms with van der Waals surface area (Å²) in [4.78, 5) is 4.10. The van der Waals surface area contributed by atoms with Gasteiger partial charge in [-0.05, 0) is 12.2 Å². The first-order chi connectivity index (χ1) is 6.95. The molecular formula is C10H28Cu2N5O4+5. The summed E-state index contributed by atoms with van der Waals surface area (Å²) in [6.45, 7) is 2.49. The molecule has 0 aromatic rings. The molecule has 1 unspecified atom stereocenters. The Bertz CT molecular complexity index is 287. The van der Waals surface area contributed by atoms with Crippen molar-refractivity contribution in [3.05, 3.63) is 29.0 Å². The minimum atomic E-state index is 0. The summed E-state index contributed by atoms with van der Waals surface area (Å²) in [6.07, 6.45) is 7.90. The maximum absolute atomic E-state index is 4.31. The van der Waals surface area contributed by atoms with Crippen molar-refractivity contribution in [1.82, 2.24) is 0 Å². The van der Waals surface area contributed by atoms with Crippen LogP contribution in [-0.2, 0) is 56.0 Å². The monoisotopic (exact) mass is 408 g/mol. The summed E-state index contributed by atoms with van der Waals surface area (Å²) < 4.78 is 0. The van der Waals surface area contributed by atoms with Crippen LogP contribution in [0.2, 0.25) is 0 Å². The molecule has 0 aromatic heterocycles. The first-order valence-electron chi connectivity index (χ1n) is 5.01. The number of dihydropyridines is 1. The molecular weight excluding hydrogens is 381 g/mol. The van der Waals surface area contributed by atoms with Gasteiger partial charge < -0.3 is 43.9 Å². The fraction of sp³-hybridized carbons (Fsp3) is 0.600. The fourth-order valence-electron chi connectivity index (χ4n) is 1.50. The molecule has 2 radical (unpaired) electrons. The Labute approximate surface area is 145 Å². The van der Waals surface area contributed by atoms with Crippen molar-refractivity contribution < 1.29 is 56.0 Å². The predicted molar refractivity (Wildman–Crippen MR) is 84.2 cm³/mol. The van der Waals surface area contributed by atoms with E-state index < -0.39 is 0 Å². The third kappa shape index (κ3) is 14.4. The maximum atomic E-state index is 4.31. The van der Waals surface area contributed by atoms with Gasteiger partial charge in [0.15, 0.2) is 0 Å². The normalized spacial score (nSPS) is 19.6. The third-order valence-corrected chi connectivity index (χ3v) is 2.28. The molecule has 0 saturated carbocycles. The molecule has 134 valence electrons. The number of nitrogens with zero attached hydrogens (tertiary/aromatic N) is 4. The summed E-state index contributed by atoms with van der Waals surface area (Å²) >= 11 is 0. The van der Waals surface area contributed by atoms with Crippen molar-refractivity contribution in [3.8, 4) is 0 Å². The quantitative estimate of drug-likeness (QED) is 0.302. The van der Waals surface area contributed by atoms with Crippen LogP contribution >= 0.6 is 0 Å². The van der Waals surface area contributed by atoms with Crippen LogP contribution in [0.4, 0.5) is 0 Å². The van der Waals surface area contributed by atoms with Crippen molar-refractivity contribution in [3.63, 3.8) is 0 Å². The molecule has 2 heterocycles. The second kappa shape index (κ2) is 22.0. The van der Waals surface area contributed by atoms with Gasteiger partial charge in [0, 0.05) is 11.9 Å². The third-order valence-electron chi connectivity index (χ3n) is 2.28. The Morgan fingerprint density at radius 1 is 1.19 bits per heavy atom. The summed E-state index contributed by atoms with van der Waals surface area (Å²) in [6, 6.07) is 0.301. The molecule has 0 spiro atoms. The molecule has 2 aliphatic rings. The van der Waals surface area contributed by atoms with Crippen LogP contribution in [0.3, 0.4) is 0 Å². The summed E-state index contributed by atoms with van der Waals surface area (Å²) in [5, 5.41) is 8.50. The Balaban J connectivity index is -0.0000000804. The predicted octanol–water partition coefficient (Wildman–Crippen LogP) is -1.08. The van der Waals surface area contributed by atoms with Gasteiger partial charge in [-0.3, -0.25) is 4.99 Å². The zero-order chi connectivity index (χ0) is 9.64. The van der Waals surface area contributed by atoms with E-state index in [4.69, 9.17) is 0 Å². The summed E-state index contributed by atoms with van der Waals surface area (Å²) in [7, 11) is 0. The van der Waals surface area contributed by atoms with E-state index in [2.05, 4.69) is 20.8 Å². The smallest absolute Gasteiger partial charge is 0.693 e. The molecule has 9 nitrogen and oxygen atoms in total. The first kappa shape index (κ1) is 37.2. The van der Waals surface area contributed by atoms with Crippen molar-refractivity contribution in [2.75, 3.05) is 19.6 Å². The van der Waals surface area contributed by atoms with Crippen LogP contribution in [0.15, 0.2) is 22.2 Å². The standard InChI is InChI=1S/C10H14N4.2Cu.H2N.4H2O/c1-3-9(7-11-5-1)13-14-10-4-2-6-12-8-10;;;;;;;/h1,3,5,10H,2,4,6-8H2;;;5*1H2/q-2;2*+2;-1;;;;/p+4/b13-9+;;;;;;;. The molecule has 0 aliphatic carbocycles. The second-order valence-electron chi connectivity index (χ2n) is 3.48. The van der Waals surface area contributed by atoms with Crippen molar-refractivity contribution >= 4 is 11.9 Å². The Morgan fingerprint density at radius 2 is 1.86 bits per heavy atom. The maximum Gasteiger partial charge on any atom is 2.00 e. The molecule has 21 heavy (non-hydrogen) atoms. The summed E-state index contributed by atoms with van der Waals surface area (Å²) in [5.74, 6) is 0. The number of hydrogen-bond acceptors (Lipinski definition) is 2. The number of hydrogen-bond donors (Lipinski definition) is 0. The first-order valence-corrected chi connectivity index (χ1v) is 5.01. The molecule has 14 N–H and O–H groups in total. The van der Waals surface area contributed by atoms with Gasteiger partial charge in [-0.25, -0.2) is 0 Å². The van der Waals surface area contributed by atoms with E-state index in [1.807, 2.05) is 12.2 Å². The fourth-order valence-corrected chi connectivity index (χ4v) is 1.50. The Kier molecular flexibility index (Phi) is 38.9. The van der Waals surface area contributed by atoms with E-state index in [0.29, 0.717) is 12.6 Å². The number of nitrogens with two attached hydrogens (primary N) is 1. The van der Waals surface area contributed by atoms with E-state index in [9.17, 15) is 0 Å². The molecule has 11 heteroatoms. The van der Waals surface area contributed by atoms with Crippen LogP contribution < -0.4 is 0 Å². The van der Waals surface area contributed by atoms with Gasteiger partial charge in [0.05, 0.1) is 6.54 Å². The number of allylic oxidation sites excluding steroid dienone is 1. The number of piperidine rings is 1. The van der Waals surface area contributed by atoms with Gasteiger partial charge >= 0.3 is 34.1 Å². The minimum absolute atomic E-state index is 0. The topological polar surface area (TPSA) is 218 Å². The molecule has 1 atom stereocenters. The molecule has 0 aromatic carbocycles. The zero-order valence-electron chi connectivity index (χ0n) is 11.6. The number of aliphatic imine (C=N–C) groups is 1. The van der Waals surface area contributed by atoms with Crippen molar-refractivity contribution in [2.45, 2.75) is 18.9 Å². The molecule has 1 saturated heterocycles. The van der Waals surface area contributed by atoms with E-state index in [1.54, 1.807) is 6.21 Å². The van der Waals surface area contributed by atoms with Gasteiger partial charge in [0.1, 0.15) is 0 Å². The van der Waals surface area contributed by atoms with Crippen LogP contribution in [0.1, 0.15) is 12.8 Å². The average Bonchev–Trinajstić information content (AvgIpc) is 2.29. The minimum Gasteiger partial charge on any atom is -0.693 e. The largest absolute Gasteiger partial charge is 2.00 e. The molecule has 0 amide bonds. The zero-order valence-corrected chi connectivity index (χ0v) is 13.5. The van der Waals surface area contributed by atoms with Crippen LogP contribution in [0.25, 0.3) is 16.9 Å². The van der Waals surface area contributed by atoms with Crippen molar-refractivity contribution in [1.29, 1.82) is 0 Å².